The van der Waals surface area contributed by atoms with E-state index in [1.165, 1.54) is 19.3 Å². The summed E-state index contributed by atoms with van der Waals surface area (Å²) in [6.45, 7) is 2.31. The first-order valence-electron chi connectivity index (χ1n) is 6.40. The van der Waals surface area contributed by atoms with E-state index in [2.05, 4.69) is 10.2 Å². The fraction of sp³-hybridized carbons (Fsp3) is 0.917. The third-order valence-corrected chi connectivity index (χ3v) is 3.20. The van der Waals surface area contributed by atoms with Crippen LogP contribution in [0.3, 0.4) is 0 Å². The Hall–Kier alpha value is -0.610. The highest BCUT2D eigenvalue weighted by Gasteiger charge is 2.15. The van der Waals surface area contributed by atoms with Crippen LogP contribution in [0.2, 0.25) is 0 Å². The lowest BCUT2D eigenvalue weighted by Gasteiger charge is -2.23. The number of amides is 1. The average Bonchev–Trinajstić information content (AvgIpc) is 2.28. The smallest absolute Gasteiger partial charge is 0.221 e. The maximum atomic E-state index is 11.7. The molecule has 1 saturated carbocycles. The molecular formula is C12H25N3O. The van der Waals surface area contributed by atoms with Gasteiger partial charge in [-0.3, -0.25) is 4.79 Å². The molecule has 0 atom stereocenters. The van der Waals surface area contributed by atoms with Crippen LogP contribution < -0.4 is 11.1 Å². The summed E-state index contributed by atoms with van der Waals surface area (Å²) < 4.78 is 0. The molecule has 0 aromatic carbocycles. The fourth-order valence-corrected chi connectivity index (χ4v) is 2.17. The Morgan fingerprint density at radius 3 is 2.62 bits per heavy atom. The largest absolute Gasteiger partial charge is 0.353 e. The van der Waals surface area contributed by atoms with E-state index in [0.717, 1.165) is 25.9 Å². The van der Waals surface area contributed by atoms with Crippen molar-refractivity contribution in [3.8, 4) is 0 Å². The van der Waals surface area contributed by atoms with Gasteiger partial charge in [0.1, 0.15) is 0 Å². The molecule has 4 heteroatoms. The number of rotatable bonds is 6. The molecule has 4 nitrogen and oxygen atoms in total. The van der Waals surface area contributed by atoms with Gasteiger partial charge in [0.05, 0.1) is 0 Å². The number of nitrogens with zero attached hydrogens (tertiary/aromatic N) is 1. The number of carbonyl (C=O) groups is 1. The molecule has 1 rings (SSSR count). The Bertz CT molecular complexity index is 202. The monoisotopic (exact) mass is 227 g/mol. The normalized spacial score (nSPS) is 17.7. The minimum atomic E-state index is 0.191. The molecule has 1 aliphatic rings. The summed E-state index contributed by atoms with van der Waals surface area (Å²) >= 11 is 0. The number of nitrogens with two attached hydrogens (primary N) is 1. The van der Waals surface area contributed by atoms with Gasteiger partial charge in [0, 0.05) is 32.1 Å². The third kappa shape index (κ3) is 5.47. The van der Waals surface area contributed by atoms with Crippen molar-refractivity contribution < 1.29 is 4.79 Å². The summed E-state index contributed by atoms with van der Waals surface area (Å²) in [5, 5.41) is 3.12. The van der Waals surface area contributed by atoms with E-state index >= 15 is 0 Å². The molecule has 0 bridgehead atoms. The SMILES string of the molecule is CN(CCN)CCC(=O)NC1CCCCC1. The molecule has 1 aliphatic carbocycles. The summed E-state index contributed by atoms with van der Waals surface area (Å²) in [4.78, 5) is 13.7. The summed E-state index contributed by atoms with van der Waals surface area (Å²) in [7, 11) is 2.00. The molecule has 1 amide bonds. The van der Waals surface area contributed by atoms with Gasteiger partial charge in [-0.15, -0.1) is 0 Å². The molecule has 3 N–H and O–H groups in total. The van der Waals surface area contributed by atoms with Gasteiger partial charge < -0.3 is 16.0 Å². The number of hydrogen-bond donors (Lipinski definition) is 2. The van der Waals surface area contributed by atoms with Crippen LogP contribution in [0.25, 0.3) is 0 Å². The highest BCUT2D eigenvalue weighted by atomic mass is 16.1. The molecule has 0 aromatic rings. The van der Waals surface area contributed by atoms with Crippen molar-refractivity contribution in [1.82, 2.24) is 10.2 Å². The molecule has 0 saturated heterocycles. The maximum Gasteiger partial charge on any atom is 0.221 e. The van der Waals surface area contributed by atoms with E-state index in [1.807, 2.05) is 7.05 Å². The Morgan fingerprint density at radius 1 is 1.31 bits per heavy atom. The second-order valence-corrected chi connectivity index (χ2v) is 4.74. The topological polar surface area (TPSA) is 58.4 Å². The van der Waals surface area contributed by atoms with Gasteiger partial charge in [0.15, 0.2) is 0 Å². The lowest BCUT2D eigenvalue weighted by atomic mass is 9.95. The molecule has 0 spiro atoms. The van der Waals surface area contributed by atoms with Crippen LogP contribution in [0.1, 0.15) is 38.5 Å². The highest BCUT2D eigenvalue weighted by molar-refractivity contribution is 5.76. The molecule has 16 heavy (non-hydrogen) atoms. The zero-order valence-electron chi connectivity index (χ0n) is 10.4. The first-order valence-corrected chi connectivity index (χ1v) is 6.40. The van der Waals surface area contributed by atoms with E-state index < -0.39 is 0 Å². The summed E-state index contributed by atoms with van der Waals surface area (Å²) in [5.74, 6) is 0.191. The Balaban J connectivity index is 2.10. The Kier molecular flexibility index (Phi) is 6.42. The molecule has 1 fully saturated rings. The second kappa shape index (κ2) is 7.63. The summed E-state index contributed by atoms with van der Waals surface area (Å²) in [5.41, 5.74) is 5.44. The zero-order chi connectivity index (χ0) is 11.8. The van der Waals surface area contributed by atoms with Gasteiger partial charge in [-0.25, -0.2) is 0 Å². The van der Waals surface area contributed by atoms with Gasteiger partial charge in [0.25, 0.3) is 0 Å². The quantitative estimate of drug-likeness (QED) is 0.703. The number of hydrogen-bond acceptors (Lipinski definition) is 3. The zero-order valence-corrected chi connectivity index (χ0v) is 10.4. The van der Waals surface area contributed by atoms with Gasteiger partial charge in [0.2, 0.25) is 5.91 Å². The Labute approximate surface area is 98.6 Å². The van der Waals surface area contributed by atoms with Crippen LogP contribution in [-0.4, -0.2) is 43.5 Å². The molecule has 0 aliphatic heterocycles. The van der Waals surface area contributed by atoms with Crippen molar-refractivity contribution in [2.75, 3.05) is 26.7 Å². The number of carbonyl (C=O) groups excluding carboxylic acids is 1. The third-order valence-electron chi connectivity index (χ3n) is 3.20. The molecular weight excluding hydrogens is 202 g/mol. The summed E-state index contributed by atoms with van der Waals surface area (Å²) in [6.07, 6.45) is 6.75. The van der Waals surface area contributed by atoms with Crippen molar-refractivity contribution in [1.29, 1.82) is 0 Å². The average molecular weight is 227 g/mol. The van der Waals surface area contributed by atoms with Crippen molar-refractivity contribution in [2.24, 2.45) is 5.73 Å². The van der Waals surface area contributed by atoms with Crippen LogP contribution in [0.4, 0.5) is 0 Å². The van der Waals surface area contributed by atoms with Gasteiger partial charge >= 0.3 is 0 Å². The molecule has 0 aromatic heterocycles. The maximum absolute atomic E-state index is 11.7. The van der Waals surface area contributed by atoms with Crippen LogP contribution in [0, 0.1) is 0 Å². The first kappa shape index (κ1) is 13.5. The first-order chi connectivity index (χ1) is 7.72. The van der Waals surface area contributed by atoms with Crippen molar-refractivity contribution >= 4 is 5.91 Å². The van der Waals surface area contributed by atoms with Crippen LogP contribution in [-0.2, 0) is 4.79 Å². The molecule has 94 valence electrons. The summed E-state index contributed by atoms with van der Waals surface area (Å²) in [6, 6.07) is 0.432. The standard InChI is InChI=1S/C12H25N3O/c1-15(10-8-13)9-7-12(16)14-11-5-3-2-4-6-11/h11H,2-10,13H2,1H3,(H,14,16). The van der Waals surface area contributed by atoms with E-state index in [1.54, 1.807) is 0 Å². The van der Waals surface area contributed by atoms with E-state index in [9.17, 15) is 4.79 Å². The van der Waals surface area contributed by atoms with Crippen molar-refractivity contribution in [2.45, 2.75) is 44.6 Å². The van der Waals surface area contributed by atoms with Crippen LogP contribution in [0.15, 0.2) is 0 Å². The predicted octanol–water partition coefficient (Wildman–Crippen LogP) is 0.716. The molecule has 0 radical (unpaired) electrons. The number of nitrogens with one attached hydrogen (secondary N) is 1. The molecule has 0 heterocycles. The van der Waals surface area contributed by atoms with Gasteiger partial charge in [-0.2, -0.15) is 0 Å². The lowest BCUT2D eigenvalue weighted by molar-refractivity contribution is -0.122. The predicted molar refractivity (Wildman–Crippen MR) is 66.2 cm³/mol. The highest BCUT2D eigenvalue weighted by Crippen LogP contribution is 2.17. The van der Waals surface area contributed by atoms with Crippen molar-refractivity contribution in [3.05, 3.63) is 0 Å². The van der Waals surface area contributed by atoms with Gasteiger partial charge in [-0.05, 0) is 19.9 Å². The van der Waals surface area contributed by atoms with E-state index in [4.69, 9.17) is 5.73 Å². The Morgan fingerprint density at radius 2 is 2.00 bits per heavy atom. The van der Waals surface area contributed by atoms with E-state index in [0.29, 0.717) is 19.0 Å². The van der Waals surface area contributed by atoms with Crippen molar-refractivity contribution in [3.63, 3.8) is 0 Å². The molecule has 0 unspecified atom stereocenters. The van der Waals surface area contributed by atoms with Crippen LogP contribution >= 0.6 is 0 Å². The minimum Gasteiger partial charge on any atom is -0.353 e. The number of likely N-dealkylation sites (N-methyl/N-ethyl adjacent to an activating group) is 1. The van der Waals surface area contributed by atoms with E-state index in [-0.39, 0.29) is 5.91 Å². The lowest BCUT2D eigenvalue weighted by Crippen LogP contribution is -2.38. The second-order valence-electron chi connectivity index (χ2n) is 4.74. The van der Waals surface area contributed by atoms with Gasteiger partial charge in [-0.1, -0.05) is 19.3 Å². The van der Waals surface area contributed by atoms with Crippen LogP contribution in [0.5, 0.6) is 0 Å². The minimum absolute atomic E-state index is 0.191. The fourth-order valence-electron chi connectivity index (χ4n) is 2.17.